The average Bonchev–Trinajstić information content (AvgIpc) is 2.46. The van der Waals surface area contributed by atoms with E-state index in [-0.39, 0.29) is 0 Å². The lowest BCUT2D eigenvalue weighted by Gasteiger charge is -2.09. The Morgan fingerprint density at radius 2 is 1.67 bits per heavy atom. The van der Waals surface area contributed by atoms with Gasteiger partial charge < -0.3 is 4.74 Å². The second-order valence-corrected chi connectivity index (χ2v) is 4.11. The summed E-state index contributed by atoms with van der Waals surface area (Å²) < 4.78 is 5.68. The highest BCUT2D eigenvalue weighted by Crippen LogP contribution is 2.16. The summed E-state index contributed by atoms with van der Waals surface area (Å²) in [6, 6.07) is 17.9. The Morgan fingerprint density at radius 1 is 1.00 bits per heavy atom. The molecule has 0 heterocycles. The number of ether oxygens (including phenoxy) is 1. The predicted octanol–water partition coefficient (Wildman–Crippen LogP) is 3.45. The zero-order chi connectivity index (χ0) is 12.8. The maximum absolute atomic E-state index is 5.68. The summed E-state index contributed by atoms with van der Waals surface area (Å²) in [6.07, 6.45) is 0.553. The summed E-state index contributed by atoms with van der Waals surface area (Å²) in [5, 5.41) is 0. The fraction of sp³-hybridized carbons (Fsp3) is 0.125. The van der Waals surface area contributed by atoms with Crippen LogP contribution in [0.5, 0.6) is 5.75 Å². The van der Waals surface area contributed by atoms with Gasteiger partial charge in [-0.2, -0.15) is 0 Å². The molecule has 0 saturated heterocycles. The van der Waals surface area contributed by atoms with E-state index in [1.54, 1.807) is 0 Å². The van der Waals surface area contributed by atoms with Crippen molar-refractivity contribution < 1.29 is 4.74 Å². The molecule has 0 amide bonds. The molecule has 0 aliphatic heterocycles. The monoisotopic (exact) mass is 234 g/mol. The van der Waals surface area contributed by atoms with E-state index in [1.807, 2.05) is 54.6 Å². The van der Waals surface area contributed by atoms with Crippen LogP contribution in [0.25, 0.3) is 5.57 Å². The van der Waals surface area contributed by atoms with Crippen molar-refractivity contribution in [1.29, 1.82) is 0 Å². The van der Waals surface area contributed by atoms with Crippen LogP contribution in [-0.2, 0) is 6.32 Å². The van der Waals surface area contributed by atoms with E-state index in [2.05, 4.69) is 6.58 Å². The maximum atomic E-state index is 5.68. The van der Waals surface area contributed by atoms with Gasteiger partial charge in [0.2, 0.25) is 0 Å². The van der Waals surface area contributed by atoms with Crippen LogP contribution in [0.1, 0.15) is 11.1 Å². The van der Waals surface area contributed by atoms with E-state index in [0.29, 0.717) is 12.9 Å². The van der Waals surface area contributed by atoms with Crippen molar-refractivity contribution in [2.24, 2.45) is 0 Å². The molecule has 0 fully saturated rings. The summed E-state index contributed by atoms with van der Waals surface area (Å²) in [4.78, 5) is 0. The van der Waals surface area contributed by atoms with Crippen LogP contribution >= 0.6 is 0 Å². The minimum Gasteiger partial charge on any atom is -0.489 e. The van der Waals surface area contributed by atoms with Crippen LogP contribution in [0.3, 0.4) is 0 Å². The minimum absolute atomic E-state index is 0.492. The molecule has 0 spiro atoms. The Labute approximate surface area is 110 Å². The molecule has 0 bridgehead atoms. The van der Waals surface area contributed by atoms with Crippen molar-refractivity contribution in [2.75, 3.05) is 6.61 Å². The molecule has 2 aromatic carbocycles. The van der Waals surface area contributed by atoms with Gasteiger partial charge in [-0.3, -0.25) is 0 Å². The third kappa shape index (κ3) is 3.27. The number of rotatable bonds is 5. The van der Waals surface area contributed by atoms with Gasteiger partial charge >= 0.3 is 0 Å². The molecule has 1 nitrogen and oxygen atoms in total. The topological polar surface area (TPSA) is 9.23 Å². The van der Waals surface area contributed by atoms with Gasteiger partial charge in [-0.25, -0.2) is 0 Å². The maximum Gasteiger partial charge on any atom is 0.119 e. The Balaban J connectivity index is 1.93. The molecule has 2 radical (unpaired) electrons. The minimum atomic E-state index is 0.492. The molecule has 0 aromatic heterocycles. The van der Waals surface area contributed by atoms with E-state index in [9.17, 15) is 0 Å². The fourth-order valence-electron chi connectivity index (χ4n) is 1.65. The Bertz CT molecular complexity index is 502. The lowest BCUT2D eigenvalue weighted by molar-refractivity contribution is 0.370. The number of hydrogen-bond donors (Lipinski definition) is 0. The van der Waals surface area contributed by atoms with Crippen LogP contribution in [-0.4, -0.2) is 14.5 Å². The van der Waals surface area contributed by atoms with Crippen molar-refractivity contribution in [3.05, 3.63) is 72.3 Å². The third-order valence-corrected chi connectivity index (χ3v) is 2.75. The highest BCUT2D eigenvalue weighted by molar-refractivity contribution is 6.08. The molecule has 2 rings (SSSR count). The second-order valence-electron chi connectivity index (χ2n) is 4.11. The Morgan fingerprint density at radius 3 is 2.28 bits per heavy atom. The Hall–Kier alpha value is -1.96. The standard InChI is InChI=1S/C16H15BO/c1-13(15-5-3-2-4-6-15)12-18-16-9-7-14(11-17)8-10-16/h2-10H,1,11-12H2. The van der Waals surface area contributed by atoms with E-state index in [4.69, 9.17) is 12.6 Å². The summed E-state index contributed by atoms with van der Waals surface area (Å²) >= 11 is 0. The lowest BCUT2D eigenvalue weighted by atomic mass is 9.97. The Kier molecular flexibility index (Phi) is 4.24. The average molecular weight is 234 g/mol. The molecule has 18 heavy (non-hydrogen) atoms. The first kappa shape index (κ1) is 12.5. The highest BCUT2D eigenvalue weighted by atomic mass is 16.5. The molecule has 2 heteroatoms. The molecule has 0 saturated carbocycles. The molecule has 0 N–H and O–H groups in total. The second kappa shape index (κ2) is 6.11. The van der Waals surface area contributed by atoms with Gasteiger partial charge in [-0.15, -0.1) is 0 Å². The molecule has 0 aliphatic rings. The van der Waals surface area contributed by atoms with Crippen molar-refractivity contribution in [1.82, 2.24) is 0 Å². The summed E-state index contributed by atoms with van der Waals surface area (Å²) in [5.41, 5.74) is 3.18. The normalized spacial score (nSPS) is 10.0. The van der Waals surface area contributed by atoms with E-state index >= 15 is 0 Å². The van der Waals surface area contributed by atoms with Crippen molar-refractivity contribution >= 4 is 13.4 Å². The summed E-state index contributed by atoms with van der Waals surface area (Å²) in [7, 11) is 5.54. The van der Waals surface area contributed by atoms with Crippen LogP contribution in [0.15, 0.2) is 61.2 Å². The smallest absolute Gasteiger partial charge is 0.119 e. The van der Waals surface area contributed by atoms with Crippen LogP contribution in [0, 0.1) is 0 Å². The SMILES string of the molecule is [B]Cc1ccc(OCC(=C)c2ccccc2)cc1. The summed E-state index contributed by atoms with van der Waals surface area (Å²) in [6.45, 7) is 4.52. The van der Waals surface area contributed by atoms with Crippen LogP contribution < -0.4 is 4.74 Å². The van der Waals surface area contributed by atoms with E-state index in [0.717, 1.165) is 22.4 Å². The quantitative estimate of drug-likeness (QED) is 0.720. The molecular formula is C16H15BO. The van der Waals surface area contributed by atoms with Gasteiger partial charge in [-0.1, -0.05) is 60.9 Å². The summed E-state index contributed by atoms with van der Waals surface area (Å²) in [5.74, 6) is 0.837. The van der Waals surface area contributed by atoms with E-state index in [1.165, 1.54) is 0 Å². The first-order chi connectivity index (χ1) is 8.79. The van der Waals surface area contributed by atoms with Gasteiger partial charge in [0.05, 0.1) is 7.85 Å². The van der Waals surface area contributed by atoms with Crippen LogP contribution in [0.2, 0.25) is 0 Å². The number of benzene rings is 2. The molecule has 0 atom stereocenters. The first-order valence-electron chi connectivity index (χ1n) is 5.94. The van der Waals surface area contributed by atoms with Gasteiger partial charge in [0.25, 0.3) is 0 Å². The van der Waals surface area contributed by atoms with Crippen molar-refractivity contribution in [3.63, 3.8) is 0 Å². The number of hydrogen-bond acceptors (Lipinski definition) is 1. The van der Waals surface area contributed by atoms with Crippen LogP contribution in [0.4, 0.5) is 0 Å². The lowest BCUT2D eigenvalue weighted by Crippen LogP contribution is -1.99. The first-order valence-corrected chi connectivity index (χ1v) is 5.94. The van der Waals surface area contributed by atoms with Gasteiger partial charge in [-0.05, 0) is 23.3 Å². The van der Waals surface area contributed by atoms with E-state index < -0.39 is 0 Å². The highest BCUT2D eigenvalue weighted by Gasteiger charge is 1.99. The molecule has 88 valence electrons. The predicted molar refractivity (Wildman–Crippen MR) is 76.9 cm³/mol. The van der Waals surface area contributed by atoms with Crippen molar-refractivity contribution in [3.8, 4) is 5.75 Å². The van der Waals surface area contributed by atoms with Gasteiger partial charge in [0, 0.05) is 0 Å². The van der Waals surface area contributed by atoms with Gasteiger partial charge in [0.1, 0.15) is 12.4 Å². The zero-order valence-corrected chi connectivity index (χ0v) is 10.3. The third-order valence-electron chi connectivity index (χ3n) is 2.75. The van der Waals surface area contributed by atoms with Crippen molar-refractivity contribution in [2.45, 2.75) is 6.32 Å². The fourth-order valence-corrected chi connectivity index (χ4v) is 1.65. The molecular weight excluding hydrogens is 219 g/mol. The molecule has 0 unspecified atom stereocenters. The van der Waals surface area contributed by atoms with Gasteiger partial charge in [0.15, 0.2) is 0 Å². The molecule has 0 aliphatic carbocycles. The zero-order valence-electron chi connectivity index (χ0n) is 10.3. The largest absolute Gasteiger partial charge is 0.489 e. The molecule has 2 aromatic rings.